The lowest BCUT2D eigenvalue weighted by atomic mass is 9.33. The number of rotatable bonds is 3. The highest BCUT2D eigenvalue weighted by Gasteiger charge is 2.69. The third-order valence-corrected chi connectivity index (χ3v) is 15.6. The van der Waals surface area contributed by atoms with Crippen molar-refractivity contribution in [2.24, 2.45) is 56.7 Å². The quantitative estimate of drug-likeness (QED) is 0.264. The van der Waals surface area contributed by atoms with E-state index in [0.29, 0.717) is 23.7 Å². The summed E-state index contributed by atoms with van der Waals surface area (Å²) in [4.78, 5) is 14.5. The molecule has 0 aromatic carbocycles. The van der Waals surface area contributed by atoms with Crippen molar-refractivity contribution in [3.63, 3.8) is 0 Å². The lowest BCUT2D eigenvalue weighted by molar-refractivity contribution is -0.238. The number of aliphatic hydroxyl groups excluding tert-OH is 5. The van der Waals surface area contributed by atoms with Crippen molar-refractivity contribution >= 4 is 5.91 Å². The van der Waals surface area contributed by atoms with E-state index in [0.717, 1.165) is 57.8 Å². The summed E-state index contributed by atoms with van der Waals surface area (Å²) in [6, 6.07) is 0. The molecule has 0 spiro atoms. The molecule has 250 valence electrons. The molecule has 44 heavy (non-hydrogen) atoms. The number of aliphatic hydroxyl groups is 5. The van der Waals surface area contributed by atoms with Crippen LogP contribution in [0.1, 0.15) is 106 Å². The van der Waals surface area contributed by atoms with Gasteiger partial charge in [-0.1, -0.05) is 60.1 Å². The first kappa shape index (κ1) is 32.9. The molecule has 5 aliphatic carbocycles. The van der Waals surface area contributed by atoms with Gasteiger partial charge in [0.1, 0.15) is 24.4 Å². The summed E-state index contributed by atoms with van der Waals surface area (Å²) < 4.78 is 5.74. The fourth-order valence-corrected chi connectivity index (χ4v) is 12.4. The average Bonchev–Trinajstić information content (AvgIpc) is 2.97. The van der Waals surface area contributed by atoms with Crippen molar-refractivity contribution in [1.82, 2.24) is 5.32 Å². The minimum absolute atomic E-state index is 0.0486. The zero-order valence-corrected chi connectivity index (χ0v) is 28.1. The number of hydrogen-bond acceptors (Lipinski definition) is 7. The van der Waals surface area contributed by atoms with Crippen molar-refractivity contribution in [3.05, 3.63) is 11.6 Å². The fourth-order valence-electron chi connectivity index (χ4n) is 12.4. The second-order valence-corrected chi connectivity index (χ2v) is 17.4. The fraction of sp³-hybridized carbons (Fsp3) is 0.917. The van der Waals surface area contributed by atoms with E-state index < -0.39 is 42.7 Å². The van der Waals surface area contributed by atoms with Crippen LogP contribution in [-0.4, -0.2) is 74.8 Å². The summed E-state index contributed by atoms with van der Waals surface area (Å²) in [6.07, 6.45) is 4.06. The Labute approximate surface area is 264 Å². The summed E-state index contributed by atoms with van der Waals surface area (Å²) in [5.41, 5.74) is 0.881. The number of fused-ring (bicyclic) bond motifs is 7. The first-order chi connectivity index (χ1) is 20.5. The van der Waals surface area contributed by atoms with Gasteiger partial charge >= 0.3 is 0 Å². The SMILES string of the molecule is C[C@@H]1CC[C@]2(C(=O)N[C@H]3OC(CO)[C@H](O)C(O)C3O)CC[C@]3(C)C(=CCC4[C@@]5(C)CC[C@H](O)C(C)(C)C5CC[C@]43C)C2[C@H]1C. The average molecular weight is 618 g/mol. The van der Waals surface area contributed by atoms with Gasteiger partial charge in [0.15, 0.2) is 6.23 Å². The van der Waals surface area contributed by atoms with Gasteiger partial charge in [-0.3, -0.25) is 4.79 Å². The highest BCUT2D eigenvalue weighted by Crippen LogP contribution is 2.75. The lowest BCUT2D eigenvalue weighted by Crippen LogP contribution is -2.68. The van der Waals surface area contributed by atoms with Crippen molar-refractivity contribution in [1.29, 1.82) is 0 Å². The predicted octanol–water partition coefficient (Wildman–Crippen LogP) is 3.92. The number of carbonyl (C=O) groups is 1. The summed E-state index contributed by atoms with van der Waals surface area (Å²) >= 11 is 0. The summed E-state index contributed by atoms with van der Waals surface area (Å²) in [5.74, 6) is 1.67. The van der Waals surface area contributed by atoms with Crippen LogP contribution >= 0.6 is 0 Å². The third kappa shape index (κ3) is 4.26. The van der Waals surface area contributed by atoms with E-state index >= 15 is 0 Å². The highest BCUT2D eigenvalue weighted by molar-refractivity contribution is 5.84. The van der Waals surface area contributed by atoms with Crippen LogP contribution in [0.3, 0.4) is 0 Å². The summed E-state index contributed by atoms with van der Waals surface area (Å²) in [6.45, 7) is 16.2. The van der Waals surface area contributed by atoms with Crippen LogP contribution in [0.4, 0.5) is 0 Å². The summed E-state index contributed by atoms with van der Waals surface area (Å²) in [5, 5.41) is 55.2. The van der Waals surface area contributed by atoms with Gasteiger partial charge in [0.25, 0.3) is 0 Å². The van der Waals surface area contributed by atoms with Crippen LogP contribution < -0.4 is 5.32 Å². The van der Waals surface area contributed by atoms with Gasteiger partial charge in [0.05, 0.1) is 18.1 Å². The molecule has 0 bridgehead atoms. The molecular formula is C36H59NO7. The second-order valence-electron chi connectivity index (χ2n) is 17.4. The topological polar surface area (TPSA) is 139 Å². The minimum atomic E-state index is -1.53. The van der Waals surface area contributed by atoms with Gasteiger partial charge in [0.2, 0.25) is 5.91 Å². The maximum absolute atomic E-state index is 14.5. The first-order valence-electron chi connectivity index (χ1n) is 17.5. The van der Waals surface area contributed by atoms with Gasteiger partial charge in [0, 0.05) is 0 Å². The Kier molecular flexibility index (Phi) is 8.03. The molecule has 5 fully saturated rings. The van der Waals surface area contributed by atoms with E-state index in [4.69, 9.17) is 4.74 Å². The molecule has 8 nitrogen and oxygen atoms in total. The van der Waals surface area contributed by atoms with E-state index in [2.05, 4.69) is 59.9 Å². The first-order valence-corrected chi connectivity index (χ1v) is 17.5. The molecule has 0 aromatic heterocycles. The number of allylic oxidation sites excluding steroid dienone is 2. The number of amides is 1. The predicted molar refractivity (Wildman–Crippen MR) is 167 cm³/mol. The number of nitrogens with one attached hydrogen (secondary N) is 1. The molecule has 15 atom stereocenters. The van der Waals surface area contributed by atoms with Crippen molar-refractivity contribution < 1.29 is 35.1 Å². The standard InChI is InChI=1S/C36H59NO7/c1-19-10-15-36(31(43)37-30-29(42)28(41)27(40)22(18-38)44-30)17-16-34(6)21(26(36)20(19)2)8-9-24-33(5)13-12-25(39)32(3,4)23(33)11-14-35(24,34)7/h8,19-20,22-30,38-42H,9-18H2,1-7H3,(H,37,43)/t19-,20+,22?,23?,24?,25+,26?,27+,28?,29?,30+,33+,34-,35-,36+/m1/s1. The van der Waals surface area contributed by atoms with Crippen molar-refractivity contribution in [2.75, 3.05) is 6.61 Å². The van der Waals surface area contributed by atoms with E-state index in [-0.39, 0.29) is 39.6 Å². The molecule has 0 radical (unpaired) electrons. The van der Waals surface area contributed by atoms with Gasteiger partial charge < -0.3 is 35.6 Å². The van der Waals surface area contributed by atoms with Gasteiger partial charge in [-0.2, -0.15) is 0 Å². The van der Waals surface area contributed by atoms with Gasteiger partial charge in [-0.15, -0.1) is 0 Å². The highest BCUT2D eigenvalue weighted by atomic mass is 16.6. The number of ether oxygens (including phenoxy) is 1. The molecular weight excluding hydrogens is 558 g/mol. The molecule has 4 saturated carbocycles. The molecule has 6 unspecified atom stereocenters. The zero-order valence-electron chi connectivity index (χ0n) is 28.1. The lowest BCUT2D eigenvalue weighted by Gasteiger charge is -2.71. The molecule has 0 aromatic rings. The Morgan fingerprint density at radius 3 is 2.27 bits per heavy atom. The largest absolute Gasteiger partial charge is 0.394 e. The van der Waals surface area contributed by atoms with E-state index in [1.54, 1.807) is 0 Å². The normalized spacial score (nSPS) is 55.0. The minimum Gasteiger partial charge on any atom is -0.394 e. The molecule has 8 heteroatoms. The smallest absolute Gasteiger partial charge is 0.228 e. The monoisotopic (exact) mass is 617 g/mol. The molecule has 1 aliphatic heterocycles. The molecule has 1 saturated heterocycles. The Morgan fingerprint density at radius 1 is 0.886 bits per heavy atom. The number of hydrogen-bond donors (Lipinski definition) is 6. The second kappa shape index (κ2) is 10.7. The molecule has 6 aliphatic rings. The van der Waals surface area contributed by atoms with Crippen LogP contribution in [0.25, 0.3) is 0 Å². The Bertz CT molecular complexity index is 1170. The molecule has 6 rings (SSSR count). The van der Waals surface area contributed by atoms with Crippen LogP contribution in [0.2, 0.25) is 0 Å². The van der Waals surface area contributed by atoms with Crippen molar-refractivity contribution in [3.8, 4) is 0 Å². The Hall–Kier alpha value is -1.03. The third-order valence-electron chi connectivity index (χ3n) is 15.6. The molecule has 1 amide bonds. The van der Waals surface area contributed by atoms with E-state index in [1.807, 2.05) is 0 Å². The van der Waals surface area contributed by atoms with Crippen LogP contribution in [0, 0.1) is 56.7 Å². The van der Waals surface area contributed by atoms with Gasteiger partial charge in [-0.05, 0) is 109 Å². The molecule has 6 N–H and O–H groups in total. The van der Waals surface area contributed by atoms with E-state index in [9.17, 15) is 30.3 Å². The molecule has 1 heterocycles. The Morgan fingerprint density at radius 2 is 1.59 bits per heavy atom. The van der Waals surface area contributed by atoms with Crippen LogP contribution in [-0.2, 0) is 9.53 Å². The Balaban J connectivity index is 1.36. The van der Waals surface area contributed by atoms with Crippen LogP contribution in [0.5, 0.6) is 0 Å². The number of carbonyl (C=O) groups excluding carboxylic acids is 1. The zero-order chi connectivity index (χ0) is 32.2. The maximum Gasteiger partial charge on any atom is 0.228 e. The maximum atomic E-state index is 14.5. The van der Waals surface area contributed by atoms with Gasteiger partial charge in [-0.25, -0.2) is 0 Å². The van der Waals surface area contributed by atoms with Crippen molar-refractivity contribution in [2.45, 2.75) is 143 Å². The van der Waals surface area contributed by atoms with Crippen LogP contribution in [0.15, 0.2) is 11.6 Å². The van der Waals surface area contributed by atoms with E-state index in [1.165, 1.54) is 5.57 Å². The summed E-state index contributed by atoms with van der Waals surface area (Å²) in [7, 11) is 0.